The lowest BCUT2D eigenvalue weighted by Gasteiger charge is -1.87. The van der Waals surface area contributed by atoms with E-state index in [1.165, 1.54) is 0 Å². The standard InChI is InChI=1S/C8H10O2/c1-3-8(6-10)4-7(2)5-9/h3-6H,1-2H3/b7-4+,8-3+. The van der Waals surface area contributed by atoms with Gasteiger partial charge in [0.05, 0.1) is 0 Å². The number of hydrogen-bond donors (Lipinski definition) is 0. The van der Waals surface area contributed by atoms with Crippen LogP contribution in [0.3, 0.4) is 0 Å². The monoisotopic (exact) mass is 138 g/mol. The summed E-state index contributed by atoms with van der Waals surface area (Å²) in [6.07, 6.45) is 4.62. The van der Waals surface area contributed by atoms with Crippen LogP contribution in [0, 0.1) is 0 Å². The minimum atomic E-state index is 0.532. The summed E-state index contributed by atoms with van der Waals surface area (Å²) in [7, 11) is 0. The molecule has 0 aromatic rings. The van der Waals surface area contributed by atoms with Gasteiger partial charge in [-0.15, -0.1) is 0 Å². The highest BCUT2D eigenvalue weighted by molar-refractivity contribution is 5.82. The van der Waals surface area contributed by atoms with Gasteiger partial charge in [-0.3, -0.25) is 9.59 Å². The second-order valence-corrected chi connectivity index (χ2v) is 1.91. The van der Waals surface area contributed by atoms with E-state index in [0.29, 0.717) is 23.7 Å². The Morgan fingerprint density at radius 3 is 2.10 bits per heavy atom. The van der Waals surface area contributed by atoms with E-state index in [-0.39, 0.29) is 0 Å². The fourth-order valence-electron chi connectivity index (χ4n) is 0.482. The lowest BCUT2D eigenvalue weighted by molar-refractivity contribution is -0.105. The maximum atomic E-state index is 10.2. The Kier molecular flexibility index (Phi) is 4.12. The van der Waals surface area contributed by atoms with Crippen molar-refractivity contribution in [2.45, 2.75) is 13.8 Å². The molecular formula is C8H10O2. The van der Waals surface area contributed by atoms with E-state index in [2.05, 4.69) is 0 Å². The summed E-state index contributed by atoms with van der Waals surface area (Å²) in [5.74, 6) is 0. The molecule has 0 amide bonds. The van der Waals surface area contributed by atoms with E-state index in [9.17, 15) is 9.59 Å². The molecule has 0 heterocycles. The quantitative estimate of drug-likeness (QED) is 0.334. The maximum Gasteiger partial charge on any atom is 0.149 e. The topological polar surface area (TPSA) is 34.1 Å². The van der Waals surface area contributed by atoms with Crippen molar-refractivity contribution < 1.29 is 9.59 Å². The molecule has 0 bridgehead atoms. The summed E-state index contributed by atoms with van der Waals surface area (Å²) < 4.78 is 0. The van der Waals surface area contributed by atoms with Crippen molar-refractivity contribution in [1.29, 1.82) is 0 Å². The first-order valence-electron chi connectivity index (χ1n) is 2.99. The van der Waals surface area contributed by atoms with E-state index < -0.39 is 0 Å². The van der Waals surface area contributed by atoms with E-state index >= 15 is 0 Å². The molecule has 0 N–H and O–H groups in total. The Hall–Kier alpha value is -1.18. The second-order valence-electron chi connectivity index (χ2n) is 1.91. The molecule has 0 aromatic carbocycles. The fraction of sp³-hybridized carbons (Fsp3) is 0.250. The van der Waals surface area contributed by atoms with Gasteiger partial charge in [-0.2, -0.15) is 0 Å². The Balaban J connectivity index is 4.36. The second kappa shape index (κ2) is 4.68. The normalized spacial score (nSPS) is 13.0. The number of rotatable bonds is 3. The van der Waals surface area contributed by atoms with Crippen LogP contribution in [-0.4, -0.2) is 12.6 Å². The summed E-state index contributed by atoms with van der Waals surface area (Å²) >= 11 is 0. The van der Waals surface area contributed by atoms with E-state index in [1.807, 2.05) is 0 Å². The van der Waals surface area contributed by atoms with Gasteiger partial charge >= 0.3 is 0 Å². The summed E-state index contributed by atoms with van der Waals surface area (Å²) in [4.78, 5) is 20.2. The highest BCUT2D eigenvalue weighted by atomic mass is 16.1. The molecule has 0 aliphatic carbocycles. The van der Waals surface area contributed by atoms with Crippen molar-refractivity contribution in [3.05, 3.63) is 23.3 Å². The van der Waals surface area contributed by atoms with Crippen molar-refractivity contribution >= 4 is 12.6 Å². The highest BCUT2D eigenvalue weighted by Gasteiger charge is 1.88. The summed E-state index contributed by atoms with van der Waals surface area (Å²) in [5, 5.41) is 0. The molecule has 0 atom stereocenters. The smallest absolute Gasteiger partial charge is 0.149 e. The fourth-order valence-corrected chi connectivity index (χ4v) is 0.482. The van der Waals surface area contributed by atoms with Gasteiger partial charge in [-0.25, -0.2) is 0 Å². The van der Waals surface area contributed by atoms with Crippen molar-refractivity contribution in [3.63, 3.8) is 0 Å². The largest absolute Gasteiger partial charge is 0.298 e. The Labute approximate surface area is 60.2 Å². The maximum absolute atomic E-state index is 10.2. The summed E-state index contributed by atoms with van der Waals surface area (Å²) in [6.45, 7) is 3.40. The lowest BCUT2D eigenvalue weighted by Crippen LogP contribution is -1.82. The van der Waals surface area contributed by atoms with Crippen molar-refractivity contribution in [3.8, 4) is 0 Å². The zero-order valence-corrected chi connectivity index (χ0v) is 6.13. The summed E-state index contributed by atoms with van der Waals surface area (Å²) in [6, 6.07) is 0. The molecule has 0 aromatic heterocycles. The Morgan fingerprint density at radius 1 is 1.20 bits per heavy atom. The molecule has 0 fully saturated rings. The van der Waals surface area contributed by atoms with E-state index in [1.54, 1.807) is 26.0 Å². The van der Waals surface area contributed by atoms with Gasteiger partial charge in [0.15, 0.2) is 0 Å². The minimum absolute atomic E-state index is 0.532. The molecule has 0 radical (unpaired) electrons. The van der Waals surface area contributed by atoms with Gasteiger partial charge in [0.1, 0.15) is 12.6 Å². The number of allylic oxidation sites excluding steroid dienone is 4. The zero-order valence-electron chi connectivity index (χ0n) is 6.13. The molecule has 0 rings (SSSR count). The predicted octanol–water partition coefficient (Wildman–Crippen LogP) is 1.28. The van der Waals surface area contributed by atoms with Crippen LogP contribution >= 0.6 is 0 Å². The van der Waals surface area contributed by atoms with E-state index in [4.69, 9.17) is 0 Å². The SMILES string of the molecule is C/C=C(C=O)\C=C(/C)C=O. The van der Waals surface area contributed by atoms with Crippen molar-refractivity contribution in [2.24, 2.45) is 0 Å². The predicted molar refractivity (Wildman–Crippen MR) is 39.6 cm³/mol. The summed E-state index contributed by atoms with van der Waals surface area (Å²) in [5.41, 5.74) is 1.09. The molecule has 0 saturated heterocycles. The highest BCUT2D eigenvalue weighted by Crippen LogP contribution is 1.96. The van der Waals surface area contributed by atoms with Crippen LogP contribution in [0.4, 0.5) is 0 Å². The molecule has 0 unspecified atom stereocenters. The first-order chi connectivity index (χ1) is 4.74. The molecule has 2 nitrogen and oxygen atoms in total. The number of carbonyl (C=O) groups excluding carboxylic acids is 2. The van der Waals surface area contributed by atoms with Gasteiger partial charge in [-0.05, 0) is 25.5 Å². The average Bonchev–Trinajstić information content (AvgIpc) is 1.99. The van der Waals surface area contributed by atoms with Gasteiger partial charge in [0.25, 0.3) is 0 Å². The van der Waals surface area contributed by atoms with Crippen LogP contribution in [0.25, 0.3) is 0 Å². The first kappa shape index (κ1) is 8.82. The van der Waals surface area contributed by atoms with Crippen LogP contribution in [0.2, 0.25) is 0 Å². The molecule has 10 heavy (non-hydrogen) atoms. The molecule has 0 saturated carbocycles. The molecule has 0 aliphatic heterocycles. The number of aldehydes is 2. The Morgan fingerprint density at radius 2 is 1.80 bits per heavy atom. The third-order valence-corrected chi connectivity index (χ3v) is 1.05. The van der Waals surface area contributed by atoms with Gasteiger partial charge in [0.2, 0.25) is 0 Å². The van der Waals surface area contributed by atoms with Crippen molar-refractivity contribution in [1.82, 2.24) is 0 Å². The van der Waals surface area contributed by atoms with Crippen molar-refractivity contribution in [2.75, 3.05) is 0 Å². The zero-order chi connectivity index (χ0) is 7.98. The van der Waals surface area contributed by atoms with Crippen LogP contribution in [0.1, 0.15) is 13.8 Å². The molecular weight excluding hydrogens is 128 g/mol. The van der Waals surface area contributed by atoms with Crippen LogP contribution < -0.4 is 0 Å². The number of hydrogen-bond acceptors (Lipinski definition) is 2. The van der Waals surface area contributed by atoms with Gasteiger partial charge < -0.3 is 0 Å². The third kappa shape index (κ3) is 2.97. The lowest BCUT2D eigenvalue weighted by atomic mass is 10.2. The average molecular weight is 138 g/mol. The molecule has 2 heteroatoms. The Bertz CT molecular complexity index is 187. The number of carbonyl (C=O) groups is 2. The van der Waals surface area contributed by atoms with E-state index in [0.717, 1.165) is 0 Å². The molecule has 0 spiro atoms. The van der Waals surface area contributed by atoms with Crippen LogP contribution in [0.15, 0.2) is 23.3 Å². The van der Waals surface area contributed by atoms with Crippen LogP contribution in [0.5, 0.6) is 0 Å². The molecule has 0 aliphatic rings. The molecule has 54 valence electrons. The first-order valence-corrected chi connectivity index (χ1v) is 2.99. The third-order valence-electron chi connectivity index (χ3n) is 1.05. The van der Waals surface area contributed by atoms with Gasteiger partial charge in [0, 0.05) is 5.57 Å². The minimum Gasteiger partial charge on any atom is -0.298 e. The van der Waals surface area contributed by atoms with Gasteiger partial charge in [-0.1, -0.05) is 6.08 Å². The van der Waals surface area contributed by atoms with Crippen LogP contribution in [-0.2, 0) is 9.59 Å².